The molecular weight excluding hydrogens is 119 g/mol. The van der Waals surface area contributed by atoms with Gasteiger partial charge in [-0.25, -0.2) is 0 Å². The zero-order valence-corrected chi connectivity index (χ0v) is 6.42. The maximum absolute atomic E-state index is 10.7. The van der Waals surface area contributed by atoms with Crippen LogP contribution in [0.3, 0.4) is 0 Å². The van der Waals surface area contributed by atoms with Gasteiger partial charge in [-0.1, -0.05) is 20.4 Å². The van der Waals surface area contributed by atoms with Crippen LogP contribution in [0, 0.1) is 5.92 Å². The van der Waals surface area contributed by atoms with Gasteiger partial charge in [-0.2, -0.15) is 0 Å². The molecular formula is C6H11OP. The maximum atomic E-state index is 10.7. The number of rotatable bonds is 2. The van der Waals surface area contributed by atoms with Gasteiger partial charge in [0.25, 0.3) is 0 Å². The molecule has 0 aliphatic rings. The third-order valence-electron chi connectivity index (χ3n) is 0.841. The monoisotopic (exact) mass is 130 g/mol. The molecule has 0 aromatic heterocycles. The summed E-state index contributed by atoms with van der Waals surface area (Å²) >= 11 is 0. The van der Waals surface area contributed by atoms with Crippen molar-refractivity contribution in [1.29, 1.82) is 0 Å². The van der Waals surface area contributed by atoms with Crippen molar-refractivity contribution in [2.75, 3.05) is 0 Å². The van der Waals surface area contributed by atoms with Crippen molar-refractivity contribution in [2.24, 2.45) is 5.92 Å². The van der Waals surface area contributed by atoms with E-state index in [2.05, 4.69) is 15.8 Å². The molecule has 46 valence electrons. The SMILES string of the molecule is C=C(P)C(=O)C(C)C. The third kappa shape index (κ3) is 2.23. The van der Waals surface area contributed by atoms with Gasteiger partial charge in [0, 0.05) is 11.2 Å². The zero-order valence-electron chi connectivity index (χ0n) is 5.27. The van der Waals surface area contributed by atoms with Gasteiger partial charge in [0.2, 0.25) is 0 Å². The number of carbonyl (C=O) groups is 1. The molecule has 8 heavy (non-hydrogen) atoms. The smallest absolute Gasteiger partial charge is 0.164 e. The Morgan fingerprint density at radius 2 is 2.00 bits per heavy atom. The number of hydrogen-bond acceptors (Lipinski definition) is 1. The van der Waals surface area contributed by atoms with Crippen molar-refractivity contribution in [3.63, 3.8) is 0 Å². The van der Waals surface area contributed by atoms with Crippen LogP contribution in [0.2, 0.25) is 0 Å². The summed E-state index contributed by atoms with van der Waals surface area (Å²) in [6, 6.07) is 0. The molecule has 0 aromatic carbocycles. The van der Waals surface area contributed by atoms with E-state index in [9.17, 15) is 4.79 Å². The molecule has 0 amide bonds. The molecule has 1 atom stereocenters. The second-order valence-electron chi connectivity index (χ2n) is 2.04. The van der Waals surface area contributed by atoms with Crippen LogP contribution in [0.4, 0.5) is 0 Å². The lowest BCUT2D eigenvalue weighted by Gasteiger charge is -1.99. The van der Waals surface area contributed by atoms with Gasteiger partial charge >= 0.3 is 0 Å². The predicted molar refractivity (Wildman–Crippen MR) is 38.7 cm³/mol. The molecule has 1 unspecified atom stereocenters. The minimum absolute atomic E-state index is 0.0833. The predicted octanol–water partition coefficient (Wildman–Crippen LogP) is 1.60. The number of ketones is 1. The molecule has 0 heterocycles. The van der Waals surface area contributed by atoms with Crippen molar-refractivity contribution >= 4 is 15.0 Å². The molecule has 0 rings (SSSR count). The summed E-state index contributed by atoms with van der Waals surface area (Å²) in [5, 5.41) is 0.569. The van der Waals surface area contributed by atoms with E-state index in [1.54, 1.807) is 0 Å². The molecule has 0 radical (unpaired) electrons. The van der Waals surface area contributed by atoms with E-state index < -0.39 is 0 Å². The number of carbonyl (C=O) groups excluding carboxylic acids is 1. The Balaban J connectivity index is 3.84. The third-order valence-corrected chi connectivity index (χ3v) is 1.13. The number of hydrogen-bond donors (Lipinski definition) is 0. The standard InChI is InChI=1S/C6H11OP/c1-4(2)6(7)5(3)8/h4H,3,8H2,1-2H3. The molecule has 0 N–H and O–H groups in total. The second-order valence-corrected chi connectivity index (χ2v) is 2.74. The van der Waals surface area contributed by atoms with Gasteiger partial charge in [0.05, 0.1) is 0 Å². The molecule has 0 saturated carbocycles. The Morgan fingerprint density at radius 3 is 2.00 bits per heavy atom. The summed E-state index contributed by atoms with van der Waals surface area (Å²) in [7, 11) is 2.30. The first kappa shape index (κ1) is 7.84. The molecule has 0 spiro atoms. The zero-order chi connectivity index (χ0) is 6.73. The Labute approximate surface area is 52.4 Å². The first-order valence-electron chi connectivity index (χ1n) is 2.54. The number of Topliss-reactive ketones (excluding diaryl/α,β-unsaturated/α-hetero) is 1. The van der Waals surface area contributed by atoms with Crippen LogP contribution in [0.15, 0.2) is 11.9 Å². The molecule has 1 nitrogen and oxygen atoms in total. The van der Waals surface area contributed by atoms with Gasteiger partial charge in [-0.05, 0) is 0 Å². The van der Waals surface area contributed by atoms with E-state index in [-0.39, 0.29) is 11.7 Å². The fourth-order valence-corrected chi connectivity index (χ4v) is 0.704. The maximum Gasteiger partial charge on any atom is 0.164 e. The van der Waals surface area contributed by atoms with Gasteiger partial charge in [0.15, 0.2) is 5.78 Å². The lowest BCUT2D eigenvalue weighted by molar-refractivity contribution is -0.117. The van der Waals surface area contributed by atoms with Gasteiger partial charge in [0.1, 0.15) is 0 Å². The van der Waals surface area contributed by atoms with Gasteiger partial charge in [-0.3, -0.25) is 4.79 Å². The second kappa shape index (κ2) is 2.99. The van der Waals surface area contributed by atoms with Crippen LogP contribution in [0.25, 0.3) is 0 Å². The Morgan fingerprint density at radius 1 is 1.62 bits per heavy atom. The first-order chi connectivity index (χ1) is 3.55. The minimum Gasteiger partial charge on any atom is -0.294 e. The minimum atomic E-state index is 0.0833. The van der Waals surface area contributed by atoms with E-state index in [4.69, 9.17) is 0 Å². The first-order valence-corrected chi connectivity index (χ1v) is 3.12. The molecule has 0 bridgehead atoms. The highest BCUT2D eigenvalue weighted by Gasteiger charge is 2.05. The highest BCUT2D eigenvalue weighted by atomic mass is 31.0. The average molecular weight is 130 g/mol. The van der Waals surface area contributed by atoms with Crippen LogP contribution in [0.5, 0.6) is 0 Å². The lowest BCUT2D eigenvalue weighted by Crippen LogP contribution is -2.04. The van der Waals surface area contributed by atoms with E-state index in [0.717, 1.165) is 0 Å². The summed E-state index contributed by atoms with van der Waals surface area (Å²) in [5.74, 6) is 0.204. The lowest BCUT2D eigenvalue weighted by atomic mass is 10.1. The summed E-state index contributed by atoms with van der Waals surface area (Å²) in [6.07, 6.45) is 0. The molecule has 0 aliphatic heterocycles. The Bertz CT molecular complexity index is 116. The van der Waals surface area contributed by atoms with Crippen molar-refractivity contribution in [1.82, 2.24) is 0 Å². The summed E-state index contributed by atoms with van der Waals surface area (Å²) in [5.41, 5.74) is 0. The summed E-state index contributed by atoms with van der Waals surface area (Å²) in [6.45, 7) is 7.21. The Kier molecular flexibility index (Phi) is 2.93. The van der Waals surface area contributed by atoms with E-state index >= 15 is 0 Å². The van der Waals surface area contributed by atoms with Crippen LogP contribution in [-0.2, 0) is 4.79 Å². The fraction of sp³-hybridized carbons (Fsp3) is 0.500. The van der Waals surface area contributed by atoms with Crippen molar-refractivity contribution in [3.8, 4) is 0 Å². The van der Waals surface area contributed by atoms with Crippen LogP contribution in [0.1, 0.15) is 13.8 Å². The van der Waals surface area contributed by atoms with Crippen LogP contribution in [-0.4, -0.2) is 5.78 Å². The van der Waals surface area contributed by atoms with E-state index in [1.807, 2.05) is 13.8 Å². The average Bonchev–Trinajstić information content (AvgIpc) is 1.64. The topological polar surface area (TPSA) is 17.1 Å². The van der Waals surface area contributed by atoms with Gasteiger partial charge < -0.3 is 0 Å². The van der Waals surface area contributed by atoms with E-state index in [0.29, 0.717) is 5.31 Å². The normalized spacial score (nSPS) is 9.50. The van der Waals surface area contributed by atoms with Crippen molar-refractivity contribution in [2.45, 2.75) is 13.8 Å². The molecule has 0 fully saturated rings. The van der Waals surface area contributed by atoms with Crippen LogP contribution < -0.4 is 0 Å². The molecule has 0 saturated heterocycles. The highest BCUT2D eigenvalue weighted by molar-refractivity contribution is 7.25. The van der Waals surface area contributed by atoms with Crippen molar-refractivity contribution in [3.05, 3.63) is 11.9 Å². The van der Waals surface area contributed by atoms with Gasteiger partial charge in [-0.15, -0.1) is 9.24 Å². The molecule has 0 aliphatic carbocycles. The summed E-state index contributed by atoms with van der Waals surface area (Å²) in [4.78, 5) is 10.7. The number of allylic oxidation sites excluding steroid dienone is 1. The summed E-state index contributed by atoms with van der Waals surface area (Å²) < 4.78 is 0. The van der Waals surface area contributed by atoms with E-state index in [1.165, 1.54) is 0 Å². The van der Waals surface area contributed by atoms with Crippen molar-refractivity contribution < 1.29 is 4.79 Å². The highest BCUT2D eigenvalue weighted by Crippen LogP contribution is 2.08. The largest absolute Gasteiger partial charge is 0.294 e. The van der Waals surface area contributed by atoms with Crippen LogP contribution >= 0.6 is 9.24 Å². The molecule has 2 heteroatoms. The Hall–Kier alpha value is -0.160. The molecule has 0 aromatic rings. The quantitative estimate of drug-likeness (QED) is 0.410. The fourth-order valence-electron chi connectivity index (χ4n) is 0.371.